The lowest BCUT2D eigenvalue weighted by atomic mass is 10.3. The molecule has 0 saturated heterocycles. The highest BCUT2D eigenvalue weighted by molar-refractivity contribution is 5.44. The van der Waals surface area contributed by atoms with Gasteiger partial charge in [-0.1, -0.05) is 6.92 Å². The van der Waals surface area contributed by atoms with E-state index in [0.717, 1.165) is 18.1 Å². The summed E-state index contributed by atoms with van der Waals surface area (Å²) in [5.74, 6) is 2.11. The van der Waals surface area contributed by atoms with Crippen LogP contribution in [0.5, 0.6) is 0 Å². The first-order chi connectivity index (χ1) is 6.11. The van der Waals surface area contributed by atoms with E-state index in [1.807, 2.05) is 6.92 Å². The Morgan fingerprint density at radius 2 is 2.15 bits per heavy atom. The largest absolute Gasteiger partial charge is 0.384 e. The van der Waals surface area contributed by atoms with Gasteiger partial charge in [0.1, 0.15) is 17.5 Å². The third-order valence-corrected chi connectivity index (χ3v) is 1.55. The number of nitrogen functional groups attached to an aromatic ring is 1. The Morgan fingerprint density at radius 3 is 2.69 bits per heavy atom. The molecule has 0 aliphatic carbocycles. The minimum atomic E-state index is 0.360. The number of nitrogens with one attached hydrogen (secondary N) is 1. The van der Waals surface area contributed by atoms with Gasteiger partial charge in [-0.2, -0.15) is 0 Å². The van der Waals surface area contributed by atoms with Gasteiger partial charge in [-0.05, 0) is 13.8 Å². The molecule has 72 valence electrons. The maximum Gasteiger partial charge on any atom is 0.132 e. The summed E-state index contributed by atoms with van der Waals surface area (Å²) >= 11 is 0. The number of aromatic nitrogens is 2. The van der Waals surface area contributed by atoms with Crippen LogP contribution in [0.4, 0.5) is 11.6 Å². The smallest absolute Gasteiger partial charge is 0.132 e. The topological polar surface area (TPSA) is 63.8 Å². The molecular formula is C9H16N4. The van der Waals surface area contributed by atoms with Gasteiger partial charge in [0.25, 0.3) is 0 Å². The van der Waals surface area contributed by atoms with Crippen LogP contribution in [-0.4, -0.2) is 16.0 Å². The molecule has 0 radical (unpaired) electrons. The minimum absolute atomic E-state index is 0.360. The Balaban J connectivity index is 2.88. The predicted octanol–water partition coefficient (Wildman–Crippen LogP) is 1.44. The zero-order valence-electron chi connectivity index (χ0n) is 8.33. The highest BCUT2D eigenvalue weighted by Gasteiger charge is 2.01. The Hall–Kier alpha value is -1.32. The van der Waals surface area contributed by atoms with E-state index in [9.17, 15) is 0 Å². The van der Waals surface area contributed by atoms with Crippen molar-refractivity contribution >= 4 is 11.6 Å². The van der Waals surface area contributed by atoms with Gasteiger partial charge in [-0.25, -0.2) is 9.97 Å². The molecule has 0 amide bonds. The standard InChI is InChI=1S/C9H16N4/c1-4-8-12-7(10)5-9(13-8)11-6(2)3/h5-6H,4H2,1-3H3,(H3,10,11,12,13). The molecule has 1 heterocycles. The normalized spacial score (nSPS) is 10.5. The Morgan fingerprint density at radius 1 is 1.46 bits per heavy atom. The van der Waals surface area contributed by atoms with Crippen molar-refractivity contribution in [3.63, 3.8) is 0 Å². The number of hydrogen-bond acceptors (Lipinski definition) is 4. The molecule has 0 aliphatic heterocycles. The molecule has 1 aromatic rings. The fourth-order valence-corrected chi connectivity index (χ4v) is 1.05. The third kappa shape index (κ3) is 2.89. The van der Waals surface area contributed by atoms with E-state index in [4.69, 9.17) is 5.73 Å². The molecule has 13 heavy (non-hydrogen) atoms. The monoisotopic (exact) mass is 180 g/mol. The van der Waals surface area contributed by atoms with E-state index in [1.165, 1.54) is 0 Å². The molecule has 1 rings (SSSR count). The summed E-state index contributed by atoms with van der Waals surface area (Å²) in [4.78, 5) is 8.38. The molecule has 0 aliphatic rings. The van der Waals surface area contributed by atoms with Gasteiger partial charge in [-0.3, -0.25) is 0 Å². The van der Waals surface area contributed by atoms with E-state index in [-0.39, 0.29) is 0 Å². The Bertz CT molecular complexity index is 283. The lowest BCUT2D eigenvalue weighted by molar-refractivity contribution is 0.870. The van der Waals surface area contributed by atoms with E-state index in [2.05, 4.69) is 29.1 Å². The van der Waals surface area contributed by atoms with Crippen molar-refractivity contribution in [1.29, 1.82) is 0 Å². The lowest BCUT2D eigenvalue weighted by Crippen LogP contribution is -2.12. The predicted molar refractivity (Wildman–Crippen MR) is 54.6 cm³/mol. The molecule has 0 spiro atoms. The van der Waals surface area contributed by atoms with Gasteiger partial charge >= 0.3 is 0 Å². The van der Waals surface area contributed by atoms with Crippen LogP contribution >= 0.6 is 0 Å². The van der Waals surface area contributed by atoms with Crippen LogP contribution in [0.25, 0.3) is 0 Å². The van der Waals surface area contributed by atoms with E-state index < -0.39 is 0 Å². The van der Waals surface area contributed by atoms with E-state index in [0.29, 0.717) is 11.9 Å². The second-order valence-corrected chi connectivity index (χ2v) is 3.25. The van der Waals surface area contributed by atoms with Gasteiger partial charge in [-0.15, -0.1) is 0 Å². The summed E-state index contributed by atoms with van der Waals surface area (Å²) in [7, 11) is 0. The summed E-state index contributed by atoms with van der Waals surface area (Å²) in [6.07, 6.45) is 0.803. The molecule has 0 aromatic carbocycles. The quantitative estimate of drug-likeness (QED) is 0.738. The SMILES string of the molecule is CCc1nc(N)cc(NC(C)C)n1. The third-order valence-electron chi connectivity index (χ3n) is 1.55. The van der Waals surface area contributed by atoms with Crippen molar-refractivity contribution in [3.05, 3.63) is 11.9 Å². The van der Waals surface area contributed by atoms with Crippen LogP contribution in [-0.2, 0) is 6.42 Å². The number of nitrogens with two attached hydrogens (primary N) is 1. The molecular weight excluding hydrogens is 164 g/mol. The van der Waals surface area contributed by atoms with Crippen LogP contribution in [0.2, 0.25) is 0 Å². The zero-order chi connectivity index (χ0) is 9.84. The first-order valence-electron chi connectivity index (χ1n) is 4.51. The number of aryl methyl sites for hydroxylation is 1. The molecule has 0 bridgehead atoms. The second kappa shape index (κ2) is 4.07. The summed E-state index contributed by atoms with van der Waals surface area (Å²) in [5, 5.41) is 3.19. The van der Waals surface area contributed by atoms with Gasteiger partial charge in [0.15, 0.2) is 0 Å². The lowest BCUT2D eigenvalue weighted by Gasteiger charge is -2.09. The average molecular weight is 180 g/mol. The number of hydrogen-bond donors (Lipinski definition) is 2. The molecule has 0 atom stereocenters. The van der Waals surface area contributed by atoms with Crippen molar-refractivity contribution in [2.24, 2.45) is 0 Å². The summed E-state index contributed by atoms with van der Waals surface area (Å²) in [5.41, 5.74) is 5.62. The molecule has 1 aromatic heterocycles. The van der Waals surface area contributed by atoms with Crippen LogP contribution in [0.15, 0.2) is 6.07 Å². The number of anilines is 2. The van der Waals surface area contributed by atoms with Crippen LogP contribution in [0.1, 0.15) is 26.6 Å². The van der Waals surface area contributed by atoms with Crippen LogP contribution < -0.4 is 11.1 Å². The molecule has 3 N–H and O–H groups in total. The van der Waals surface area contributed by atoms with Gasteiger partial charge in [0.2, 0.25) is 0 Å². The van der Waals surface area contributed by atoms with Gasteiger partial charge in [0, 0.05) is 18.5 Å². The highest BCUT2D eigenvalue weighted by atomic mass is 15.1. The maximum atomic E-state index is 5.62. The number of rotatable bonds is 3. The maximum absolute atomic E-state index is 5.62. The molecule has 4 nitrogen and oxygen atoms in total. The summed E-state index contributed by atoms with van der Waals surface area (Å²) in [6, 6.07) is 2.11. The number of nitrogens with zero attached hydrogens (tertiary/aromatic N) is 2. The molecule has 0 saturated carbocycles. The average Bonchev–Trinajstić information content (AvgIpc) is 2.01. The summed E-state index contributed by atoms with van der Waals surface area (Å²) < 4.78 is 0. The van der Waals surface area contributed by atoms with Crippen LogP contribution in [0, 0.1) is 0 Å². The van der Waals surface area contributed by atoms with Crippen molar-refractivity contribution < 1.29 is 0 Å². The Labute approximate surface area is 78.6 Å². The van der Waals surface area contributed by atoms with Crippen molar-refractivity contribution in [2.45, 2.75) is 33.2 Å². The van der Waals surface area contributed by atoms with Crippen LogP contribution in [0.3, 0.4) is 0 Å². The highest BCUT2D eigenvalue weighted by Crippen LogP contribution is 2.09. The molecule has 0 unspecified atom stereocenters. The molecule has 0 fully saturated rings. The molecule has 4 heteroatoms. The zero-order valence-corrected chi connectivity index (χ0v) is 8.33. The minimum Gasteiger partial charge on any atom is -0.384 e. The fraction of sp³-hybridized carbons (Fsp3) is 0.556. The van der Waals surface area contributed by atoms with Crippen molar-refractivity contribution in [2.75, 3.05) is 11.1 Å². The van der Waals surface area contributed by atoms with Gasteiger partial charge < -0.3 is 11.1 Å². The van der Waals surface area contributed by atoms with E-state index >= 15 is 0 Å². The second-order valence-electron chi connectivity index (χ2n) is 3.25. The van der Waals surface area contributed by atoms with Crippen molar-refractivity contribution in [1.82, 2.24) is 9.97 Å². The first kappa shape index (κ1) is 9.77. The summed E-state index contributed by atoms with van der Waals surface area (Å²) in [6.45, 7) is 6.13. The Kier molecular flexibility index (Phi) is 3.06. The fourth-order valence-electron chi connectivity index (χ4n) is 1.05. The van der Waals surface area contributed by atoms with Crippen molar-refractivity contribution in [3.8, 4) is 0 Å². The van der Waals surface area contributed by atoms with E-state index in [1.54, 1.807) is 6.07 Å². The van der Waals surface area contributed by atoms with Gasteiger partial charge in [0.05, 0.1) is 0 Å². The first-order valence-corrected chi connectivity index (χ1v) is 4.51.